The van der Waals surface area contributed by atoms with Gasteiger partial charge in [0.25, 0.3) is 0 Å². The third kappa shape index (κ3) is 3.47. The van der Waals surface area contributed by atoms with Crippen molar-refractivity contribution < 1.29 is 4.79 Å². The Labute approximate surface area is 128 Å². The van der Waals surface area contributed by atoms with Crippen molar-refractivity contribution in [2.75, 3.05) is 0 Å². The van der Waals surface area contributed by atoms with Gasteiger partial charge in [0.1, 0.15) is 0 Å². The Kier molecular flexibility index (Phi) is 4.31. The summed E-state index contributed by atoms with van der Waals surface area (Å²) in [4.78, 5) is 17.2. The average Bonchev–Trinajstić information content (AvgIpc) is 2.73. The molecule has 1 heterocycles. The number of carbonyl (C=O) groups excluding carboxylic acids is 1. The third-order valence-corrected chi connectivity index (χ3v) is 4.34. The lowest BCUT2D eigenvalue weighted by atomic mass is 9.90. The Morgan fingerprint density at radius 3 is 2.55 bits per heavy atom. The zero-order valence-corrected chi connectivity index (χ0v) is 13.7. The van der Waals surface area contributed by atoms with Crippen LogP contribution in [-0.4, -0.2) is 10.8 Å². The van der Waals surface area contributed by atoms with Crippen LogP contribution in [0.3, 0.4) is 0 Å². The smallest absolute Gasteiger partial charge is 0.171 e. The van der Waals surface area contributed by atoms with Crippen molar-refractivity contribution >= 4 is 28.7 Å². The summed E-state index contributed by atoms with van der Waals surface area (Å²) < 4.78 is 0. The zero-order chi connectivity index (χ0) is 14.9. The van der Waals surface area contributed by atoms with Gasteiger partial charge in [-0.2, -0.15) is 0 Å². The summed E-state index contributed by atoms with van der Waals surface area (Å²) >= 11 is 7.49. The summed E-state index contributed by atoms with van der Waals surface area (Å²) in [5.41, 5.74) is 1.89. The molecule has 1 aromatic carbocycles. The van der Waals surface area contributed by atoms with Gasteiger partial charge in [-0.15, -0.1) is 11.3 Å². The van der Waals surface area contributed by atoms with Gasteiger partial charge in [-0.25, -0.2) is 4.98 Å². The van der Waals surface area contributed by atoms with Crippen molar-refractivity contribution in [2.24, 2.45) is 0 Å². The Morgan fingerprint density at radius 2 is 2.05 bits per heavy atom. The molecule has 106 valence electrons. The Morgan fingerprint density at radius 1 is 1.35 bits per heavy atom. The first-order chi connectivity index (χ1) is 9.27. The van der Waals surface area contributed by atoms with E-state index in [2.05, 4.69) is 25.8 Å². The highest BCUT2D eigenvalue weighted by atomic mass is 35.5. The fourth-order valence-electron chi connectivity index (χ4n) is 2.01. The Balaban J connectivity index is 2.37. The maximum absolute atomic E-state index is 11.8. The molecule has 20 heavy (non-hydrogen) atoms. The van der Waals surface area contributed by atoms with E-state index < -0.39 is 0 Å². The lowest BCUT2D eigenvalue weighted by molar-refractivity contribution is 0.101. The molecule has 0 radical (unpaired) electrons. The minimum Gasteiger partial charge on any atom is -0.294 e. The van der Waals surface area contributed by atoms with Crippen molar-refractivity contribution in [1.29, 1.82) is 0 Å². The molecular weight excluding hydrogens is 290 g/mol. The second-order valence-corrected chi connectivity index (χ2v) is 7.42. The number of nitrogens with zero attached hydrogens (tertiary/aromatic N) is 1. The second-order valence-electron chi connectivity index (χ2n) is 5.90. The van der Waals surface area contributed by atoms with E-state index in [-0.39, 0.29) is 11.2 Å². The van der Waals surface area contributed by atoms with Crippen LogP contribution in [0.15, 0.2) is 24.3 Å². The molecule has 0 amide bonds. The van der Waals surface area contributed by atoms with E-state index in [1.54, 1.807) is 6.92 Å². The molecule has 2 nitrogen and oxygen atoms in total. The number of hydrogen-bond donors (Lipinski definition) is 0. The molecular formula is C16H18ClNOS. The fourth-order valence-corrected chi connectivity index (χ4v) is 3.43. The maximum atomic E-state index is 11.8. The molecule has 0 spiro atoms. The summed E-state index contributed by atoms with van der Waals surface area (Å²) in [7, 11) is 0. The summed E-state index contributed by atoms with van der Waals surface area (Å²) in [6.45, 7) is 7.85. The molecule has 0 fully saturated rings. The number of benzene rings is 1. The highest BCUT2D eigenvalue weighted by Gasteiger charge is 2.25. The van der Waals surface area contributed by atoms with Gasteiger partial charge in [0.15, 0.2) is 5.78 Å². The first-order valence-electron chi connectivity index (χ1n) is 6.53. The summed E-state index contributed by atoms with van der Waals surface area (Å²) in [5, 5.41) is 1.68. The van der Waals surface area contributed by atoms with Gasteiger partial charge in [0.05, 0.1) is 15.6 Å². The number of rotatable bonds is 3. The van der Waals surface area contributed by atoms with Crippen molar-refractivity contribution in [1.82, 2.24) is 4.98 Å². The number of Topliss-reactive ketones (excluding diaryl/α,β-unsaturated/α-hetero) is 1. The molecule has 0 atom stereocenters. The fraction of sp³-hybridized carbons (Fsp3) is 0.375. The summed E-state index contributed by atoms with van der Waals surface area (Å²) in [6, 6.07) is 7.75. The van der Waals surface area contributed by atoms with Gasteiger partial charge < -0.3 is 0 Å². The predicted octanol–water partition coefficient (Wildman–Crippen LogP) is 4.89. The minimum absolute atomic E-state index is 0.0877. The van der Waals surface area contributed by atoms with Crippen LogP contribution in [-0.2, 0) is 11.8 Å². The van der Waals surface area contributed by atoms with Gasteiger partial charge in [-0.3, -0.25) is 4.79 Å². The van der Waals surface area contributed by atoms with E-state index in [0.29, 0.717) is 6.42 Å². The number of thiazole rings is 1. The summed E-state index contributed by atoms with van der Waals surface area (Å²) in [5.74, 6) is 0.0877. The molecule has 0 unspecified atom stereocenters. The van der Waals surface area contributed by atoms with Crippen molar-refractivity contribution in [3.63, 3.8) is 0 Å². The number of ketones is 1. The largest absolute Gasteiger partial charge is 0.294 e. The van der Waals surface area contributed by atoms with Crippen LogP contribution in [0.1, 0.15) is 53.6 Å². The number of halogens is 1. The van der Waals surface area contributed by atoms with Gasteiger partial charge in [-0.05, 0) is 17.7 Å². The van der Waals surface area contributed by atoms with E-state index in [0.717, 1.165) is 26.2 Å². The number of aromatic nitrogens is 1. The van der Waals surface area contributed by atoms with E-state index >= 15 is 0 Å². The molecule has 0 saturated carbocycles. The normalized spacial score (nSPS) is 11.7. The first-order valence-corrected chi connectivity index (χ1v) is 7.72. The van der Waals surface area contributed by atoms with Crippen molar-refractivity contribution in [3.8, 4) is 0 Å². The quantitative estimate of drug-likeness (QED) is 0.756. The first kappa shape index (κ1) is 15.2. The van der Waals surface area contributed by atoms with Gasteiger partial charge in [0, 0.05) is 23.8 Å². The lowest BCUT2D eigenvalue weighted by Gasteiger charge is -2.16. The molecule has 0 aliphatic heterocycles. The van der Waals surface area contributed by atoms with Gasteiger partial charge in [0.2, 0.25) is 0 Å². The molecule has 0 aliphatic carbocycles. The SMILES string of the molecule is CC(=O)c1sc(Cc2cccc(Cl)c2)nc1C(C)(C)C. The van der Waals surface area contributed by atoms with Crippen LogP contribution < -0.4 is 0 Å². The highest BCUT2D eigenvalue weighted by molar-refractivity contribution is 7.13. The molecule has 0 bridgehead atoms. The Hall–Kier alpha value is -1.19. The lowest BCUT2D eigenvalue weighted by Crippen LogP contribution is -2.15. The standard InChI is InChI=1S/C16H18ClNOS/c1-10(19)14-15(16(2,3)4)18-13(20-14)9-11-6-5-7-12(17)8-11/h5-8H,9H2,1-4H3. The molecule has 0 saturated heterocycles. The van der Waals surface area contributed by atoms with Crippen LogP contribution in [0.2, 0.25) is 5.02 Å². The molecule has 2 aromatic rings. The van der Waals surface area contributed by atoms with E-state index in [1.807, 2.05) is 24.3 Å². The highest BCUT2D eigenvalue weighted by Crippen LogP contribution is 2.31. The molecule has 2 rings (SSSR count). The summed E-state index contributed by atoms with van der Waals surface area (Å²) in [6.07, 6.45) is 0.710. The van der Waals surface area contributed by atoms with Crippen molar-refractivity contribution in [3.05, 3.63) is 50.4 Å². The van der Waals surface area contributed by atoms with Crippen LogP contribution in [0.25, 0.3) is 0 Å². The maximum Gasteiger partial charge on any atom is 0.171 e. The number of carbonyl (C=O) groups is 1. The van der Waals surface area contributed by atoms with E-state index in [4.69, 9.17) is 11.6 Å². The van der Waals surface area contributed by atoms with Crippen LogP contribution in [0, 0.1) is 0 Å². The Bertz CT molecular complexity index is 640. The average molecular weight is 308 g/mol. The second kappa shape index (κ2) is 5.66. The minimum atomic E-state index is -0.121. The molecule has 0 aliphatic rings. The zero-order valence-electron chi connectivity index (χ0n) is 12.2. The monoisotopic (exact) mass is 307 g/mol. The third-order valence-electron chi connectivity index (χ3n) is 2.95. The molecule has 4 heteroatoms. The van der Waals surface area contributed by atoms with Gasteiger partial charge >= 0.3 is 0 Å². The van der Waals surface area contributed by atoms with Crippen molar-refractivity contribution in [2.45, 2.75) is 39.5 Å². The van der Waals surface area contributed by atoms with E-state index in [9.17, 15) is 4.79 Å². The van der Waals surface area contributed by atoms with Gasteiger partial charge in [-0.1, -0.05) is 44.5 Å². The number of hydrogen-bond acceptors (Lipinski definition) is 3. The van der Waals surface area contributed by atoms with Crippen LogP contribution in [0.5, 0.6) is 0 Å². The molecule has 1 aromatic heterocycles. The predicted molar refractivity (Wildman–Crippen MR) is 85.1 cm³/mol. The van der Waals surface area contributed by atoms with Crippen LogP contribution in [0.4, 0.5) is 0 Å². The topological polar surface area (TPSA) is 30.0 Å². The van der Waals surface area contributed by atoms with Crippen LogP contribution >= 0.6 is 22.9 Å². The van der Waals surface area contributed by atoms with E-state index in [1.165, 1.54) is 11.3 Å². The molecule has 0 N–H and O–H groups in total.